The second kappa shape index (κ2) is 20.4. The fourth-order valence-corrected chi connectivity index (χ4v) is 3.01. The Morgan fingerprint density at radius 1 is 0.871 bits per heavy atom. The van der Waals surface area contributed by atoms with Crippen molar-refractivity contribution in [2.75, 3.05) is 13.2 Å². The number of aliphatic hydroxyl groups excluding tert-OH is 1. The van der Waals surface area contributed by atoms with Gasteiger partial charge >= 0.3 is 13.8 Å². The van der Waals surface area contributed by atoms with Gasteiger partial charge < -0.3 is 19.6 Å². The van der Waals surface area contributed by atoms with Crippen LogP contribution in [0.15, 0.2) is 48.6 Å². The molecular weight excluding hydrogens is 419 g/mol. The third-order valence-electron chi connectivity index (χ3n) is 4.13. The Labute approximate surface area is 186 Å². The number of phosphoric ester groups is 1. The van der Waals surface area contributed by atoms with E-state index in [1.807, 2.05) is 12.2 Å². The highest BCUT2D eigenvalue weighted by atomic mass is 31.2. The predicted octanol–water partition coefficient (Wildman–Crippen LogP) is 5.15. The summed E-state index contributed by atoms with van der Waals surface area (Å²) in [7, 11) is -4.73. The number of ether oxygens (including phenoxy) is 1. The van der Waals surface area contributed by atoms with Gasteiger partial charge in [-0.15, -0.1) is 0 Å². The van der Waals surface area contributed by atoms with Crippen LogP contribution in [0.4, 0.5) is 0 Å². The maximum atomic E-state index is 11.6. The average Bonchev–Trinajstić information content (AvgIpc) is 2.72. The zero-order valence-corrected chi connectivity index (χ0v) is 19.5. The molecule has 0 heterocycles. The first kappa shape index (κ1) is 29.5. The van der Waals surface area contributed by atoms with E-state index in [0.717, 1.165) is 25.7 Å². The summed E-state index contributed by atoms with van der Waals surface area (Å²) in [5, 5.41) is 8.95. The van der Waals surface area contributed by atoms with E-state index in [-0.39, 0.29) is 6.42 Å². The highest BCUT2D eigenvalue weighted by molar-refractivity contribution is 7.46. The molecule has 7 nitrogen and oxygen atoms in total. The van der Waals surface area contributed by atoms with Gasteiger partial charge in [0, 0.05) is 6.42 Å². The molecule has 1 atom stereocenters. The van der Waals surface area contributed by atoms with Gasteiger partial charge in [0.1, 0.15) is 12.7 Å². The number of rotatable bonds is 19. The molecular formula is C23H39O7P. The zero-order chi connectivity index (χ0) is 23.2. The number of allylic oxidation sites excluding steroid dienone is 8. The van der Waals surface area contributed by atoms with Crippen LogP contribution in [0.1, 0.15) is 71.1 Å². The maximum Gasteiger partial charge on any atom is 0.470 e. The van der Waals surface area contributed by atoms with E-state index < -0.39 is 33.1 Å². The molecule has 0 unspecified atom stereocenters. The molecule has 0 aromatic heterocycles. The number of esters is 1. The summed E-state index contributed by atoms with van der Waals surface area (Å²) in [6.07, 6.45) is 25.1. The Kier molecular flexibility index (Phi) is 19.4. The Bertz CT molecular complexity index is 605. The lowest BCUT2D eigenvalue weighted by Crippen LogP contribution is -2.24. The number of hydrogen-bond donors (Lipinski definition) is 3. The van der Waals surface area contributed by atoms with E-state index in [4.69, 9.17) is 19.6 Å². The summed E-state index contributed by atoms with van der Waals surface area (Å²) in [5.74, 6) is -0.497. The second-order valence-corrected chi connectivity index (χ2v) is 8.26. The van der Waals surface area contributed by atoms with Crippen LogP contribution in [0.2, 0.25) is 0 Å². The molecule has 178 valence electrons. The minimum absolute atomic E-state index is 0.187. The molecule has 0 aliphatic carbocycles. The number of carbonyl (C=O) groups is 1. The van der Waals surface area contributed by atoms with Crippen LogP contribution in [0.5, 0.6) is 0 Å². The Morgan fingerprint density at radius 3 is 1.87 bits per heavy atom. The summed E-state index contributed by atoms with van der Waals surface area (Å²) in [6, 6.07) is 0. The molecule has 31 heavy (non-hydrogen) atoms. The third-order valence-corrected chi connectivity index (χ3v) is 4.70. The first-order chi connectivity index (χ1) is 14.9. The molecule has 0 saturated heterocycles. The van der Waals surface area contributed by atoms with Crippen molar-refractivity contribution in [1.29, 1.82) is 0 Å². The quantitative estimate of drug-likeness (QED) is 0.106. The van der Waals surface area contributed by atoms with Crippen molar-refractivity contribution in [2.24, 2.45) is 0 Å². The highest BCUT2D eigenvalue weighted by Crippen LogP contribution is 2.37. The number of aliphatic hydroxyl groups is 1. The lowest BCUT2D eigenvalue weighted by molar-refractivity contribution is -0.147. The molecule has 3 N–H and O–H groups in total. The first-order valence-electron chi connectivity index (χ1n) is 11.0. The molecule has 0 saturated carbocycles. The van der Waals surface area contributed by atoms with Crippen LogP contribution in [0.3, 0.4) is 0 Å². The molecule has 0 spiro atoms. The van der Waals surface area contributed by atoms with Crippen LogP contribution in [0, 0.1) is 0 Å². The number of phosphoric acid groups is 1. The monoisotopic (exact) mass is 458 g/mol. The fourth-order valence-electron chi connectivity index (χ4n) is 2.49. The van der Waals surface area contributed by atoms with Gasteiger partial charge in [-0.25, -0.2) is 4.57 Å². The molecule has 8 heteroatoms. The van der Waals surface area contributed by atoms with Crippen molar-refractivity contribution in [1.82, 2.24) is 0 Å². The molecule has 0 amide bonds. The van der Waals surface area contributed by atoms with Crippen molar-refractivity contribution in [3.8, 4) is 0 Å². The van der Waals surface area contributed by atoms with Gasteiger partial charge in [0.25, 0.3) is 0 Å². The highest BCUT2D eigenvalue weighted by Gasteiger charge is 2.22. The number of unbranched alkanes of at least 4 members (excludes halogenated alkanes) is 4. The van der Waals surface area contributed by atoms with E-state index in [2.05, 4.69) is 47.9 Å². The number of hydrogen-bond acceptors (Lipinski definition) is 5. The van der Waals surface area contributed by atoms with Gasteiger partial charge in [0.2, 0.25) is 0 Å². The first-order valence-corrected chi connectivity index (χ1v) is 12.5. The van der Waals surface area contributed by atoms with Crippen molar-refractivity contribution >= 4 is 13.8 Å². The Morgan fingerprint density at radius 2 is 1.39 bits per heavy atom. The van der Waals surface area contributed by atoms with Gasteiger partial charge in [0.05, 0.1) is 6.61 Å². The maximum absolute atomic E-state index is 11.6. The van der Waals surface area contributed by atoms with E-state index in [1.165, 1.54) is 25.7 Å². The zero-order valence-electron chi connectivity index (χ0n) is 18.6. The minimum Gasteiger partial charge on any atom is -0.463 e. The smallest absolute Gasteiger partial charge is 0.463 e. The molecule has 0 bridgehead atoms. The van der Waals surface area contributed by atoms with Crippen LogP contribution < -0.4 is 0 Å². The van der Waals surface area contributed by atoms with Gasteiger partial charge in [-0.3, -0.25) is 9.32 Å². The summed E-state index contributed by atoms with van der Waals surface area (Å²) >= 11 is 0. The minimum atomic E-state index is -4.73. The van der Waals surface area contributed by atoms with Crippen molar-refractivity contribution < 1.29 is 33.5 Å². The lowest BCUT2D eigenvalue weighted by Gasteiger charge is -2.15. The molecule has 0 aliphatic rings. The molecule has 0 rings (SSSR count). The summed E-state index contributed by atoms with van der Waals surface area (Å²) in [5.41, 5.74) is 0. The van der Waals surface area contributed by atoms with Crippen LogP contribution >= 0.6 is 7.82 Å². The van der Waals surface area contributed by atoms with Crippen molar-refractivity contribution in [3.05, 3.63) is 48.6 Å². The van der Waals surface area contributed by atoms with Crippen molar-refractivity contribution in [2.45, 2.75) is 77.2 Å². The normalized spacial score (nSPS) is 13.8. The number of carbonyl (C=O) groups excluding carboxylic acids is 1. The largest absolute Gasteiger partial charge is 0.470 e. The summed E-state index contributed by atoms with van der Waals surface area (Å²) in [4.78, 5) is 28.9. The van der Waals surface area contributed by atoms with E-state index in [0.29, 0.717) is 6.42 Å². The van der Waals surface area contributed by atoms with Crippen LogP contribution in [0.25, 0.3) is 0 Å². The predicted molar refractivity (Wildman–Crippen MR) is 123 cm³/mol. The van der Waals surface area contributed by atoms with E-state index in [9.17, 15) is 9.36 Å². The van der Waals surface area contributed by atoms with E-state index in [1.54, 1.807) is 0 Å². The molecule has 0 aromatic carbocycles. The molecule has 0 radical (unpaired) electrons. The molecule has 0 aromatic rings. The van der Waals surface area contributed by atoms with Crippen LogP contribution in [-0.2, 0) is 18.6 Å². The summed E-state index contributed by atoms with van der Waals surface area (Å²) in [6.45, 7) is 1.16. The molecule has 0 aliphatic heterocycles. The molecule has 0 fully saturated rings. The SMILES string of the molecule is CCCCC/C=C\C/C=C\C/C=C\C/C=C\CCCC(=O)OC[C@H](CO)OP(=O)(O)O. The van der Waals surface area contributed by atoms with Gasteiger partial charge in [-0.2, -0.15) is 0 Å². The Balaban J connectivity index is 3.68. The third kappa shape index (κ3) is 23.0. The van der Waals surface area contributed by atoms with Gasteiger partial charge in [0.15, 0.2) is 0 Å². The fraction of sp³-hybridized carbons (Fsp3) is 0.609. The average molecular weight is 459 g/mol. The van der Waals surface area contributed by atoms with Crippen LogP contribution in [-0.4, -0.2) is 40.2 Å². The lowest BCUT2D eigenvalue weighted by atomic mass is 10.2. The summed E-state index contributed by atoms with van der Waals surface area (Å²) < 4.78 is 19.8. The Hall–Kier alpha value is -1.50. The standard InChI is InChI=1S/C23H39O7P/c1-2-3-4-5-6-7-8-9-10-11-12-13-14-15-16-17-18-19-23(25)29-21-22(20-24)30-31(26,27)28/h6-7,9-10,12-13,15-16,22,24H,2-5,8,11,14,17-21H2,1H3,(H2,26,27,28)/b7-6-,10-9-,13-12-,16-15-/t22-/m0/s1. The van der Waals surface area contributed by atoms with Gasteiger partial charge in [-0.1, -0.05) is 68.4 Å². The van der Waals surface area contributed by atoms with Gasteiger partial charge in [-0.05, 0) is 44.9 Å². The van der Waals surface area contributed by atoms with Crippen molar-refractivity contribution in [3.63, 3.8) is 0 Å². The topological polar surface area (TPSA) is 113 Å². The second-order valence-electron chi connectivity index (χ2n) is 7.06. The van der Waals surface area contributed by atoms with E-state index >= 15 is 0 Å².